The third kappa shape index (κ3) is 7.58. The van der Waals surface area contributed by atoms with Gasteiger partial charge in [-0.3, -0.25) is 0 Å². The SMILES string of the molecule is CC(O)(CN)CCCCOC(C(F)(F)F)C(F)(F)F. The Morgan fingerprint density at radius 2 is 1.53 bits per heavy atom. The maximum atomic E-state index is 12.1. The van der Waals surface area contributed by atoms with Gasteiger partial charge in [-0.15, -0.1) is 0 Å². The van der Waals surface area contributed by atoms with Crippen LogP contribution < -0.4 is 5.73 Å². The lowest BCUT2D eigenvalue weighted by molar-refractivity contribution is -0.321. The average molecular weight is 297 g/mol. The second-order valence-corrected chi connectivity index (χ2v) is 4.49. The van der Waals surface area contributed by atoms with Crippen LogP contribution >= 0.6 is 0 Å². The molecule has 1 atom stereocenters. The summed E-state index contributed by atoms with van der Waals surface area (Å²) in [7, 11) is 0. The monoisotopic (exact) mass is 297 g/mol. The highest BCUT2D eigenvalue weighted by atomic mass is 19.4. The van der Waals surface area contributed by atoms with Gasteiger partial charge < -0.3 is 15.6 Å². The van der Waals surface area contributed by atoms with E-state index in [1.165, 1.54) is 6.92 Å². The predicted octanol–water partition coefficient (Wildman–Crippen LogP) is 2.38. The summed E-state index contributed by atoms with van der Waals surface area (Å²) >= 11 is 0. The Labute approximate surface area is 106 Å². The fourth-order valence-corrected chi connectivity index (χ4v) is 1.29. The molecule has 0 saturated carbocycles. The highest BCUT2D eigenvalue weighted by molar-refractivity contribution is 4.76. The molecule has 3 N–H and O–H groups in total. The molecule has 19 heavy (non-hydrogen) atoms. The Morgan fingerprint density at radius 1 is 1.05 bits per heavy atom. The van der Waals surface area contributed by atoms with Crippen molar-refractivity contribution in [2.75, 3.05) is 13.2 Å². The fraction of sp³-hybridized carbons (Fsp3) is 1.00. The van der Waals surface area contributed by atoms with E-state index < -0.39 is 30.7 Å². The first-order valence-electron chi connectivity index (χ1n) is 5.57. The number of ether oxygens (including phenoxy) is 1. The number of halogens is 6. The second kappa shape index (κ2) is 6.76. The summed E-state index contributed by atoms with van der Waals surface area (Å²) in [5.74, 6) is 0. The normalized spacial score (nSPS) is 16.7. The fourth-order valence-electron chi connectivity index (χ4n) is 1.29. The summed E-state index contributed by atoms with van der Waals surface area (Å²) in [4.78, 5) is 0. The lowest BCUT2D eigenvalue weighted by Gasteiger charge is -2.24. The first-order chi connectivity index (χ1) is 8.40. The van der Waals surface area contributed by atoms with Crippen LogP contribution in [0.5, 0.6) is 0 Å². The molecule has 0 aromatic heterocycles. The van der Waals surface area contributed by atoms with Gasteiger partial charge in [0.2, 0.25) is 6.10 Å². The van der Waals surface area contributed by atoms with Crippen molar-refractivity contribution >= 4 is 0 Å². The van der Waals surface area contributed by atoms with E-state index in [0.29, 0.717) is 0 Å². The number of aliphatic hydroxyl groups is 1. The molecule has 0 aliphatic rings. The van der Waals surface area contributed by atoms with Crippen LogP contribution in [0.2, 0.25) is 0 Å². The van der Waals surface area contributed by atoms with E-state index in [1.54, 1.807) is 0 Å². The minimum Gasteiger partial charge on any atom is -0.389 e. The molecule has 0 aliphatic heterocycles. The van der Waals surface area contributed by atoms with Crippen molar-refractivity contribution in [2.45, 2.75) is 50.2 Å². The van der Waals surface area contributed by atoms with Gasteiger partial charge in [-0.25, -0.2) is 0 Å². The van der Waals surface area contributed by atoms with E-state index in [1.807, 2.05) is 0 Å². The van der Waals surface area contributed by atoms with E-state index in [-0.39, 0.29) is 25.8 Å². The Hall–Kier alpha value is -0.540. The topological polar surface area (TPSA) is 55.5 Å². The standard InChI is InChI=1S/C10H17F6NO2/c1-8(18,6-17)4-2-3-5-19-7(9(11,12)13)10(14,15)16/h7,18H,2-6,17H2,1H3. The molecule has 0 aliphatic carbocycles. The van der Waals surface area contributed by atoms with Crippen molar-refractivity contribution in [2.24, 2.45) is 5.73 Å². The Balaban J connectivity index is 4.10. The molecule has 0 bridgehead atoms. The van der Waals surface area contributed by atoms with Crippen LogP contribution in [-0.2, 0) is 4.74 Å². The molecule has 0 rings (SSSR count). The first-order valence-corrected chi connectivity index (χ1v) is 5.57. The van der Waals surface area contributed by atoms with Gasteiger partial charge in [0.05, 0.1) is 5.60 Å². The van der Waals surface area contributed by atoms with Gasteiger partial charge in [-0.2, -0.15) is 26.3 Å². The van der Waals surface area contributed by atoms with Crippen LogP contribution in [0.15, 0.2) is 0 Å². The largest absolute Gasteiger partial charge is 0.423 e. The first kappa shape index (κ1) is 18.5. The zero-order valence-electron chi connectivity index (χ0n) is 10.3. The predicted molar refractivity (Wildman–Crippen MR) is 55.4 cm³/mol. The Morgan fingerprint density at radius 3 is 1.89 bits per heavy atom. The molecule has 9 heteroatoms. The van der Waals surface area contributed by atoms with E-state index >= 15 is 0 Å². The summed E-state index contributed by atoms with van der Waals surface area (Å²) in [6, 6.07) is 0. The van der Waals surface area contributed by atoms with Crippen LogP contribution in [0.3, 0.4) is 0 Å². The maximum Gasteiger partial charge on any atom is 0.423 e. The van der Waals surface area contributed by atoms with Gasteiger partial charge in [-0.1, -0.05) is 0 Å². The van der Waals surface area contributed by atoms with Crippen molar-refractivity contribution in [1.82, 2.24) is 0 Å². The van der Waals surface area contributed by atoms with Gasteiger partial charge in [0.25, 0.3) is 0 Å². The van der Waals surface area contributed by atoms with Gasteiger partial charge in [0, 0.05) is 13.2 Å². The number of nitrogens with two attached hydrogens (primary N) is 1. The molecule has 0 amide bonds. The van der Waals surface area contributed by atoms with E-state index in [9.17, 15) is 31.4 Å². The zero-order chi connectivity index (χ0) is 15.3. The number of hydrogen-bond donors (Lipinski definition) is 2. The van der Waals surface area contributed by atoms with Crippen molar-refractivity contribution in [1.29, 1.82) is 0 Å². The van der Waals surface area contributed by atoms with Crippen molar-refractivity contribution in [3.8, 4) is 0 Å². The molecule has 3 nitrogen and oxygen atoms in total. The molecule has 0 aromatic rings. The second-order valence-electron chi connectivity index (χ2n) is 4.49. The lowest BCUT2D eigenvalue weighted by atomic mass is 10.00. The molecule has 0 spiro atoms. The number of hydrogen-bond acceptors (Lipinski definition) is 3. The van der Waals surface area contributed by atoms with E-state index in [0.717, 1.165) is 0 Å². The maximum absolute atomic E-state index is 12.1. The number of rotatable bonds is 7. The van der Waals surface area contributed by atoms with E-state index in [2.05, 4.69) is 4.74 Å². The number of alkyl halides is 6. The summed E-state index contributed by atoms with van der Waals surface area (Å²) in [5.41, 5.74) is 4.03. The van der Waals surface area contributed by atoms with Gasteiger partial charge in [-0.05, 0) is 26.2 Å². The van der Waals surface area contributed by atoms with Crippen molar-refractivity contribution in [3.63, 3.8) is 0 Å². The zero-order valence-corrected chi connectivity index (χ0v) is 10.3. The van der Waals surface area contributed by atoms with Crippen LogP contribution in [-0.4, -0.2) is 42.3 Å². The minimum absolute atomic E-state index is 0.0290. The molecular weight excluding hydrogens is 280 g/mol. The third-order valence-corrected chi connectivity index (χ3v) is 2.43. The molecule has 0 saturated heterocycles. The Kier molecular flexibility index (Phi) is 6.56. The minimum atomic E-state index is -5.49. The van der Waals surface area contributed by atoms with Gasteiger partial charge >= 0.3 is 12.4 Å². The summed E-state index contributed by atoms with van der Waals surface area (Å²) in [6.45, 7) is 0.702. The lowest BCUT2D eigenvalue weighted by Crippen LogP contribution is -2.44. The molecule has 0 radical (unpaired) electrons. The average Bonchev–Trinajstić information content (AvgIpc) is 2.19. The highest BCUT2D eigenvalue weighted by Crippen LogP contribution is 2.35. The molecule has 0 heterocycles. The quantitative estimate of drug-likeness (QED) is 0.560. The summed E-state index contributed by atoms with van der Waals surface area (Å²) in [5, 5.41) is 9.46. The van der Waals surface area contributed by atoms with Gasteiger partial charge in [0.1, 0.15) is 0 Å². The molecule has 0 fully saturated rings. The van der Waals surface area contributed by atoms with Crippen LogP contribution in [0.25, 0.3) is 0 Å². The highest BCUT2D eigenvalue weighted by Gasteiger charge is 2.57. The van der Waals surface area contributed by atoms with Crippen molar-refractivity contribution < 1.29 is 36.2 Å². The smallest absolute Gasteiger partial charge is 0.389 e. The van der Waals surface area contributed by atoms with Crippen LogP contribution in [0.4, 0.5) is 26.3 Å². The molecule has 1 unspecified atom stereocenters. The van der Waals surface area contributed by atoms with E-state index in [4.69, 9.17) is 5.73 Å². The Bertz CT molecular complexity index is 250. The van der Waals surface area contributed by atoms with Gasteiger partial charge in [0.15, 0.2) is 0 Å². The van der Waals surface area contributed by atoms with Crippen LogP contribution in [0.1, 0.15) is 26.2 Å². The van der Waals surface area contributed by atoms with Crippen molar-refractivity contribution in [3.05, 3.63) is 0 Å². The summed E-state index contributed by atoms with van der Waals surface area (Å²) in [6.07, 6.45) is -14.4. The molecule has 116 valence electrons. The number of unbranched alkanes of at least 4 members (excludes halogenated alkanes) is 1. The molecule has 0 aromatic carbocycles. The molecular formula is C10H17F6NO2. The summed E-state index contributed by atoms with van der Waals surface area (Å²) < 4.78 is 76.3. The van der Waals surface area contributed by atoms with Crippen LogP contribution in [0, 0.1) is 0 Å². The third-order valence-electron chi connectivity index (χ3n) is 2.43.